The molecular weight excluding hydrogens is 283 g/mol. The molecule has 0 saturated carbocycles. The summed E-state index contributed by atoms with van der Waals surface area (Å²) >= 11 is 11.1. The molecule has 5 heteroatoms. The molecular formula is C14H12ClFN2S. The molecule has 98 valence electrons. The summed E-state index contributed by atoms with van der Waals surface area (Å²) in [6.07, 6.45) is 0. The number of rotatable bonds is 3. The summed E-state index contributed by atoms with van der Waals surface area (Å²) in [4.78, 5) is 0.196. The normalized spacial score (nSPS) is 10.3. The van der Waals surface area contributed by atoms with Crippen molar-refractivity contribution in [3.8, 4) is 0 Å². The third-order valence-corrected chi connectivity index (χ3v) is 3.10. The highest BCUT2D eigenvalue weighted by atomic mass is 35.5. The molecule has 0 aliphatic carbocycles. The van der Waals surface area contributed by atoms with Gasteiger partial charge in [-0.2, -0.15) is 0 Å². The number of nitrogens with one attached hydrogen (secondary N) is 1. The summed E-state index contributed by atoms with van der Waals surface area (Å²) < 4.78 is 13.4. The summed E-state index contributed by atoms with van der Waals surface area (Å²) in [5.74, 6) is -0.304. The third kappa shape index (κ3) is 3.22. The van der Waals surface area contributed by atoms with Gasteiger partial charge < -0.3 is 11.1 Å². The van der Waals surface area contributed by atoms with Gasteiger partial charge in [-0.15, -0.1) is 0 Å². The second-order valence-corrected chi connectivity index (χ2v) is 5.02. The number of thiocarbonyl (C=S) groups is 1. The molecule has 3 N–H and O–H groups in total. The van der Waals surface area contributed by atoms with E-state index in [2.05, 4.69) is 5.32 Å². The van der Waals surface area contributed by atoms with Crippen LogP contribution in [0.15, 0.2) is 36.4 Å². The Morgan fingerprint density at radius 1 is 1.32 bits per heavy atom. The highest BCUT2D eigenvalue weighted by Gasteiger charge is 2.10. The molecule has 0 saturated heterocycles. The third-order valence-electron chi connectivity index (χ3n) is 2.58. The van der Waals surface area contributed by atoms with Crippen molar-refractivity contribution in [2.45, 2.75) is 6.92 Å². The first-order valence-corrected chi connectivity index (χ1v) is 6.38. The van der Waals surface area contributed by atoms with Gasteiger partial charge in [0.2, 0.25) is 0 Å². The lowest BCUT2D eigenvalue weighted by atomic mass is 10.1. The summed E-state index contributed by atoms with van der Waals surface area (Å²) in [6.45, 7) is 1.82. The first kappa shape index (κ1) is 13.8. The lowest BCUT2D eigenvalue weighted by Gasteiger charge is -2.13. The van der Waals surface area contributed by atoms with Crippen molar-refractivity contribution in [1.82, 2.24) is 0 Å². The largest absolute Gasteiger partial charge is 0.389 e. The number of anilines is 2. The molecule has 2 aromatic rings. The van der Waals surface area contributed by atoms with E-state index in [1.54, 1.807) is 18.2 Å². The zero-order valence-electron chi connectivity index (χ0n) is 10.2. The van der Waals surface area contributed by atoms with Crippen molar-refractivity contribution in [3.05, 3.63) is 58.4 Å². The Balaban J connectivity index is 2.43. The van der Waals surface area contributed by atoms with Crippen molar-refractivity contribution in [1.29, 1.82) is 0 Å². The van der Waals surface area contributed by atoms with E-state index in [1.165, 1.54) is 12.1 Å². The van der Waals surface area contributed by atoms with Crippen LogP contribution in [0.1, 0.15) is 11.1 Å². The van der Waals surface area contributed by atoms with Gasteiger partial charge in [0.25, 0.3) is 0 Å². The fourth-order valence-electron chi connectivity index (χ4n) is 1.84. The van der Waals surface area contributed by atoms with Gasteiger partial charge in [0.1, 0.15) is 10.8 Å². The Morgan fingerprint density at radius 3 is 2.68 bits per heavy atom. The SMILES string of the molecule is Cc1cc(F)cc(Nc2cccc(Cl)c2C(N)=S)c1. The molecule has 19 heavy (non-hydrogen) atoms. The maximum atomic E-state index is 13.4. The molecule has 0 bridgehead atoms. The van der Waals surface area contributed by atoms with Gasteiger partial charge in [-0.05, 0) is 42.8 Å². The van der Waals surface area contributed by atoms with E-state index in [1.807, 2.05) is 13.0 Å². The van der Waals surface area contributed by atoms with Gasteiger partial charge >= 0.3 is 0 Å². The van der Waals surface area contributed by atoms with Crippen molar-refractivity contribution < 1.29 is 4.39 Å². The van der Waals surface area contributed by atoms with E-state index in [4.69, 9.17) is 29.6 Å². The number of nitrogens with two attached hydrogens (primary N) is 1. The first-order valence-electron chi connectivity index (χ1n) is 5.60. The van der Waals surface area contributed by atoms with Crippen LogP contribution < -0.4 is 11.1 Å². The molecule has 0 spiro atoms. The summed E-state index contributed by atoms with van der Waals surface area (Å²) in [5, 5.41) is 3.55. The minimum absolute atomic E-state index is 0.196. The fourth-order valence-corrected chi connectivity index (χ4v) is 2.40. The van der Waals surface area contributed by atoms with Crippen LogP contribution in [0.4, 0.5) is 15.8 Å². The monoisotopic (exact) mass is 294 g/mol. The number of halogens is 2. The molecule has 2 rings (SSSR count). The van der Waals surface area contributed by atoms with Crippen LogP contribution in [0.5, 0.6) is 0 Å². The molecule has 0 aliphatic heterocycles. The van der Waals surface area contributed by atoms with E-state index >= 15 is 0 Å². The standard InChI is InChI=1S/C14H12ClFN2S/c1-8-5-9(16)7-10(6-8)18-12-4-2-3-11(15)13(12)14(17)19/h2-7,18H,1H3,(H2,17,19). The molecule has 0 heterocycles. The maximum Gasteiger partial charge on any atom is 0.125 e. The maximum absolute atomic E-state index is 13.4. The van der Waals surface area contributed by atoms with Crippen LogP contribution >= 0.6 is 23.8 Å². The Labute approximate surface area is 121 Å². The quantitative estimate of drug-likeness (QED) is 0.835. The zero-order valence-corrected chi connectivity index (χ0v) is 11.8. The topological polar surface area (TPSA) is 38.0 Å². The van der Waals surface area contributed by atoms with E-state index in [0.29, 0.717) is 22.0 Å². The molecule has 0 atom stereocenters. The number of hydrogen-bond donors (Lipinski definition) is 2. The lowest BCUT2D eigenvalue weighted by molar-refractivity contribution is 0.627. The molecule has 0 unspecified atom stereocenters. The predicted molar refractivity (Wildman–Crippen MR) is 81.8 cm³/mol. The van der Waals surface area contributed by atoms with Crippen LogP contribution in [0.2, 0.25) is 5.02 Å². The van der Waals surface area contributed by atoms with E-state index in [-0.39, 0.29) is 10.8 Å². The highest BCUT2D eigenvalue weighted by molar-refractivity contribution is 7.80. The van der Waals surface area contributed by atoms with Crippen molar-refractivity contribution in [3.63, 3.8) is 0 Å². The number of hydrogen-bond acceptors (Lipinski definition) is 2. The molecule has 0 radical (unpaired) electrons. The average Bonchev–Trinajstić information content (AvgIpc) is 2.26. The van der Waals surface area contributed by atoms with Crippen LogP contribution in [-0.2, 0) is 0 Å². The van der Waals surface area contributed by atoms with Gasteiger partial charge in [-0.1, -0.05) is 29.9 Å². The van der Waals surface area contributed by atoms with Gasteiger partial charge in [0.15, 0.2) is 0 Å². The molecule has 0 aromatic heterocycles. The molecule has 2 nitrogen and oxygen atoms in total. The second-order valence-electron chi connectivity index (χ2n) is 4.17. The minimum Gasteiger partial charge on any atom is -0.389 e. The van der Waals surface area contributed by atoms with Gasteiger partial charge in [-0.25, -0.2) is 4.39 Å². The predicted octanol–water partition coefficient (Wildman–Crippen LogP) is 4.17. The van der Waals surface area contributed by atoms with Crippen molar-refractivity contribution >= 4 is 40.2 Å². The van der Waals surface area contributed by atoms with Gasteiger partial charge in [0.05, 0.1) is 16.3 Å². The lowest BCUT2D eigenvalue weighted by Crippen LogP contribution is -2.12. The van der Waals surface area contributed by atoms with Crippen LogP contribution in [0.25, 0.3) is 0 Å². The average molecular weight is 295 g/mol. The zero-order chi connectivity index (χ0) is 14.0. The Kier molecular flexibility index (Phi) is 4.02. The van der Waals surface area contributed by atoms with Gasteiger partial charge in [-0.3, -0.25) is 0 Å². The molecule has 0 aliphatic rings. The van der Waals surface area contributed by atoms with Crippen molar-refractivity contribution in [2.24, 2.45) is 5.73 Å². The van der Waals surface area contributed by atoms with Crippen LogP contribution in [-0.4, -0.2) is 4.99 Å². The fraction of sp³-hybridized carbons (Fsp3) is 0.0714. The van der Waals surface area contributed by atoms with Crippen LogP contribution in [0, 0.1) is 12.7 Å². The van der Waals surface area contributed by atoms with Crippen LogP contribution in [0.3, 0.4) is 0 Å². The van der Waals surface area contributed by atoms with E-state index in [9.17, 15) is 4.39 Å². The summed E-state index contributed by atoms with van der Waals surface area (Å²) in [6, 6.07) is 9.96. The second kappa shape index (κ2) is 5.55. The Bertz CT molecular complexity index is 623. The summed E-state index contributed by atoms with van der Waals surface area (Å²) in [7, 11) is 0. The minimum atomic E-state index is -0.304. The van der Waals surface area contributed by atoms with E-state index in [0.717, 1.165) is 5.56 Å². The number of aryl methyl sites for hydroxylation is 1. The molecule has 2 aromatic carbocycles. The Morgan fingerprint density at radius 2 is 2.05 bits per heavy atom. The number of benzene rings is 2. The smallest absolute Gasteiger partial charge is 0.125 e. The summed E-state index contributed by atoms with van der Waals surface area (Å²) in [5.41, 5.74) is 8.32. The van der Waals surface area contributed by atoms with Gasteiger partial charge in [0, 0.05) is 5.69 Å². The van der Waals surface area contributed by atoms with E-state index < -0.39 is 0 Å². The molecule has 0 amide bonds. The van der Waals surface area contributed by atoms with Crippen molar-refractivity contribution in [2.75, 3.05) is 5.32 Å². The highest BCUT2D eigenvalue weighted by Crippen LogP contribution is 2.27. The molecule has 0 fully saturated rings. The Hall–Kier alpha value is -1.65. The first-order chi connectivity index (χ1) is 8.97.